The van der Waals surface area contributed by atoms with Crippen molar-refractivity contribution in [3.63, 3.8) is 0 Å². The fourth-order valence-corrected chi connectivity index (χ4v) is 1.61. The molecule has 0 aliphatic carbocycles. The van der Waals surface area contributed by atoms with Crippen LogP contribution in [0, 0.1) is 0 Å². The van der Waals surface area contributed by atoms with Crippen molar-refractivity contribution < 1.29 is 4.74 Å². The molecule has 3 N–H and O–H groups in total. The number of nitrogens with zero attached hydrogens (tertiary/aromatic N) is 1. The summed E-state index contributed by atoms with van der Waals surface area (Å²) in [6.07, 6.45) is 5.65. The summed E-state index contributed by atoms with van der Waals surface area (Å²) in [6, 6.07) is 2.28. The SMILES string of the molecule is Nc1cnccc1NC1CCCOC1. The fraction of sp³-hybridized carbons (Fsp3) is 0.500. The highest BCUT2D eigenvalue weighted by Crippen LogP contribution is 2.19. The van der Waals surface area contributed by atoms with Gasteiger partial charge in [0.05, 0.1) is 24.2 Å². The van der Waals surface area contributed by atoms with Crippen molar-refractivity contribution in [3.05, 3.63) is 18.5 Å². The average molecular weight is 193 g/mol. The van der Waals surface area contributed by atoms with Crippen molar-refractivity contribution in [2.45, 2.75) is 18.9 Å². The van der Waals surface area contributed by atoms with Gasteiger partial charge in [-0.1, -0.05) is 0 Å². The van der Waals surface area contributed by atoms with Gasteiger partial charge in [-0.15, -0.1) is 0 Å². The number of pyridine rings is 1. The molecule has 4 heteroatoms. The molecule has 1 aliphatic rings. The van der Waals surface area contributed by atoms with E-state index in [0.29, 0.717) is 11.7 Å². The lowest BCUT2D eigenvalue weighted by atomic mass is 10.1. The van der Waals surface area contributed by atoms with Crippen molar-refractivity contribution in [3.8, 4) is 0 Å². The molecule has 1 aromatic rings. The Hall–Kier alpha value is -1.29. The molecule has 1 atom stereocenters. The standard InChI is InChI=1S/C10H15N3O/c11-9-6-12-4-3-10(9)13-8-2-1-5-14-7-8/h3-4,6,8H,1-2,5,7,11H2,(H,12,13). The van der Waals surface area contributed by atoms with Crippen LogP contribution in [0.25, 0.3) is 0 Å². The second-order valence-corrected chi connectivity index (χ2v) is 3.52. The van der Waals surface area contributed by atoms with Crippen molar-refractivity contribution in [1.82, 2.24) is 4.98 Å². The number of nitrogens with one attached hydrogen (secondary N) is 1. The van der Waals surface area contributed by atoms with Gasteiger partial charge in [0, 0.05) is 18.8 Å². The minimum absolute atomic E-state index is 0.383. The molecule has 2 heterocycles. The normalized spacial score (nSPS) is 21.9. The number of hydrogen-bond donors (Lipinski definition) is 2. The van der Waals surface area contributed by atoms with Crippen LogP contribution in [0.5, 0.6) is 0 Å². The first kappa shape index (κ1) is 9.27. The number of nitrogens with two attached hydrogens (primary N) is 1. The van der Waals surface area contributed by atoms with E-state index >= 15 is 0 Å². The summed E-state index contributed by atoms with van der Waals surface area (Å²) in [5, 5.41) is 3.36. The van der Waals surface area contributed by atoms with Crippen LogP contribution in [0.4, 0.5) is 11.4 Å². The first-order valence-corrected chi connectivity index (χ1v) is 4.90. The third kappa shape index (κ3) is 2.14. The Morgan fingerprint density at radius 2 is 2.50 bits per heavy atom. The van der Waals surface area contributed by atoms with E-state index in [1.807, 2.05) is 6.07 Å². The average Bonchev–Trinajstić information content (AvgIpc) is 2.23. The van der Waals surface area contributed by atoms with Gasteiger partial charge < -0.3 is 15.8 Å². The molecule has 0 aromatic carbocycles. The van der Waals surface area contributed by atoms with E-state index in [4.69, 9.17) is 10.5 Å². The summed E-state index contributed by atoms with van der Waals surface area (Å²) in [6.45, 7) is 1.64. The molecular weight excluding hydrogens is 178 g/mol. The van der Waals surface area contributed by atoms with Crippen LogP contribution in [0.1, 0.15) is 12.8 Å². The van der Waals surface area contributed by atoms with Gasteiger partial charge in [0.15, 0.2) is 0 Å². The summed E-state index contributed by atoms with van der Waals surface area (Å²) in [5.74, 6) is 0. The van der Waals surface area contributed by atoms with Gasteiger partial charge in [0.25, 0.3) is 0 Å². The Morgan fingerprint density at radius 1 is 1.57 bits per heavy atom. The van der Waals surface area contributed by atoms with Gasteiger partial charge in [-0.05, 0) is 18.9 Å². The lowest BCUT2D eigenvalue weighted by Crippen LogP contribution is -2.30. The Balaban J connectivity index is 1.99. The van der Waals surface area contributed by atoms with Gasteiger partial charge in [-0.3, -0.25) is 4.98 Å². The molecule has 0 spiro atoms. The highest BCUT2D eigenvalue weighted by Gasteiger charge is 2.13. The zero-order valence-electron chi connectivity index (χ0n) is 8.07. The predicted octanol–water partition coefficient (Wildman–Crippen LogP) is 1.25. The predicted molar refractivity (Wildman–Crippen MR) is 56.1 cm³/mol. The number of anilines is 2. The lowest BCUT2D eigenvalue weighted by molar-refractivity contribution is 0.0876. The minimum Gasteiger partial charge on any atom is -0.396 e. The van der Waals surface area contributed by atoms with Gasteiger partial charge in [-0.2, -0.15) is 0 Å². The maximum atomic E-state index is 5.77. The van der Waals surface area contributed by atoms with E-state index in [9.17, 15) is 0 Å². The number of ether oxygens (including phenoxy) is 1. The van der Waals surface area contributed by atoms with Crippen molar-refractivity contribution in [2.24, 2.45) is 0 Å². The lowest BCUT2D eigenvalue weighted by Gasteiger charge is -2.24. The minimum atomic E-state index is 0.383. The van der Waals surface area contributed by atoms with Crippen molar-refractivity contribution in [1.29, 1.82) is 0 Å². The summed E-state index contributed by atoms with van der Waals surface area (Å²) in [7, 11) is 0. The second-order valence-electron chi connectivity index (χ2n) is 3.52. The van der Waals surface area contributed by atoms with E-state index in [0.717, 1.165) is 31.7 Å². The van der Waals surface area contributed by atoms with E-state index in [1.54, 1.807) is 12.4 Å². The van der Waals surface area contributed by atoms with Gasteiger partial charge in [0.2, 0.25) is 0 Å². The zero-order valence-corrected chi connectivity index (χ0v) is 8.07. The Kier molecular flexibility index (Phi) is 2.84. The monoisotopic (exact) mass is 193 g/mol. The molecule has 1 unspecified atom stereocenters. The molecule has 4 nitrogen and oxygen atoms in total. The van der Waals surface area contributed by atoms with Crippen LogP contribution in [0.15, 0.2) is 18.5 Å². The van der Waals surface area contributed by atoms with Crippen LogP contribution in [-0.4, -0.2) is 24.2 Å². The summed E-state index contributed by atoms with van der Waals surface area (Å²) >= 11 is 0. The van der Waals surface area contributed by atoms with E-state index in [-0.39, 0.29) is 0 Å². The van der Waals surface area contributed by atoms with E-state index < -0.39 is 0 Å². The Morgan fingerprint density at radius 3 is 3.21 bits per heavy atom. The molecule has 14 heavy (non-hydrogen) atoms. The van der Waals surface area contributed by atoms with Crippen LogP contribution < -0.4 is 11.1 Å². The maximum absolute atomic E-state index is 5.77. The molecule has 0 radical (unpaired) electrons. The van der Waals surface area contributed by atoms with E-state index in [2.05, 4.69) is 10.3 Å². The topological polar surface area (TPSA) is 60.2 Å². The summed E-state index contributed by atoms with van der Waals surface area (Å²) < 4.78 is 5.38. The molecule has 1 aromatic heterocycles. The Labute approximate surface area is 83.5 Å². The molecule has 0 saturated carbocycles. The number of hydrogen-bond acceptors (Lipinski definition) is 4. The molecule has 1 fully saturated rings. The maximum Gasteiger partial charge on any atom is 0.0736 e. The van der Waals surface area contributed by atoms with Crippen molar-refractivity contribution in [2.75, 3.05) is 24.3 Å². The van der Waals surface area contributed by atoms with E-state index in [1.165, 1.54) is 0 Å². The number of aromatic nitrogens is 1. The molecular formula is C10H15N3O. The van der Waals surface area contributed by atoms with Gasteiger partial charge >= 0.3 is 0 Å². The second kappa shape index (κ2) is 4.28. The molecule has 76 valence electrons. The zero-order chi connectivity index (χ0) is 9.80. The number of rotatable bonds is 2. The quantitative estimate of drug-likeness (QED) is 0.742. The van der Waals surface area contributed by atoms with Crippen LogP contribution >= 0.6 is 0 Å². The first-order valence-electron chi connectivity index (χ1n) is 4.90. The van der Waals surface area contributed by atoms with Crippen LogP contribution in [-0.2, 0) is 4.74 Å². The smallest absolute Gasteiger partial charge is 0.0736 e. The third-order valence-corrected chi connectivity index (χ3v) is 2.37. The highest BCUT2D eigenvalue weighted by molar-refractivity contribution is 5.64. The largest absolute Gasteiger partial charge is 0.396 e. The molecule has 1 aliphatic heterocycles. The van der Waals surface area contributed by atoms with Crippen LogP contribution in [0.3, 0.4) is 0 Å². The Bertz CT molecular complexity index is 297. The van der Waals surface area contributed by atoms with Crippen LogP contribution in [0.2, 0.25) is 0 Å². The summed E-state index contributed by atoms with van der Waals surface area (Å²) in [5.41, 5.74) is 7.42. The summed E-state index contributed by atoms with van der Waals surface area (Å²) in [4.78, 5) is 3.94. The van der Waals surface area contributed by atoms with Gasteiger partial charge in [-0.25, -0.2) is 0 Å². The molecule has 2 rings (SSSR count). The first-order chi connectivity index (χ1) is 6.86. The molecule has 0 amide bonds. The fourth-order valence-electron chi connectivity index (χ4n) is 1.61. The molecule has 0 bridgehead atoms. The van der Waals surface area contributed by atoms with Crippen molar-refractivity contribution >= 4 is 11.4 Å². The van der Waals surface area contributed by atoms with Gasteiger partial charge in [0.1, 0.15) is 0 Å². The third-order valence-electron chi connectivity index (χ3n) is 2.37. The molecule has 1 saturated heterocycles. The highest BCUT2D eigenvalue weighted by atomic mass is 16.5. The number of nitrogen functional groups attached to an aromatic ring is 1.